The maximum atomic E-state index is 11.9. The zero-order valence-corrected chi connectivity index (χ0v) is 12.4. The first-order chi connectivity index (χ1) is 8.63. The van der Waals surface area contributed by atoms with Gasteiger partial charge in [0, 0.05) is 12.7 Å². The fourth-order valence-corrected chi connectivity index (χ4v) is 3.46. The van der Waals surface area contributed by atoms with Gasteiger partial charge in [0.05, 0.1) is 15.5 Å². The smallest absolute Gasteiger partial charge is 0.178 e. The molecule has 0 saturated heterocycles. The average molecular weight is 304 g/mol. The van der Waals surface area contributed by atoms with E-state index in [2.05, 4.69) is 0 Å². The summed E-state index contributed by atoms with van der Waals surface area (Å²) < 4.78 is 46.3. The number of hydrogen-bond donors (Lipinski definition) is 0. The Morgan fingerprint density at radius 3 is 1.89 bits per heavy atom. The van der Waals surface area contributed by atoms with Crippen molar-refractivity contribution in [3.8, 4) is 0 Å². The van der Waals surface area contributed by atoms with Crippen LogP contribution in [0.2, 0.25) is 0 Å². The lowest BCUT2D eigenvalue weighted by atomic mass is 10.3. The molecular weight excluding hydrogens is 288 g/mol. The topological polar surface area (TPSA) is 85.3 Å². The molecule has 7 heteroatoms. The highest BCUT2D eigenvalue weighted by Crippen LogP contribution is 2.16. The number of carbonyl (C=O) groups is 1. The van der Waals surface area contributed by atoms with E-state index in [0.717, 1.165) is 6.26 Å². The third kappa shape index (κ3) is 4.76. The minimum absolute atomic E-state index is 0.0531. The van der Waals surface area contributed by atoms with Crippen LogP contribution in [0.1, 0.15) is 19.8 Å². The second-order valence-corrected chi connectivity index (χ2v) is 8.49. The molecule has 1 aromatic rings. The van der Waals surface area contributed by atoms with Gasteiger partial charge in [-0.15, -0.1) is 0 Å². The maximum absolute atomic E-state index is 11.9. The van der Waals surface area contributed by atoms with Gasteiger partial charge < -0.3 is 4.79 Å². The third-order valence-electron chi connectivity index (χ3n) is 2.55. The molecule has 0 radical (unpaired) electrons. The van der Waals surface area contributed by atoms with Crippen LogP contribution in [0.3, 0.4) is 0 Å². The normalized spacial score (nSPS) is 12.3. The van der Waals surface area contributed by atoms with E-state index in [9.17, 15) is 21.6 Å². The highest BCUT2D eigenvalue weighted by Gasteiger charge is 2.15. The molecule has 0 N–H and O–H groups in total. The van der Waals surface area contributed by atoms with Crippen LogP contribution in [0.15, 0.2) is 34.1 Å². The monoisotopic (exact) mass is 304 g/mol. The SMILES string of the molecule is CC(=O)CCCS(=O)(=O)c1ccc(S(C)(=O)=O)cc1. The molecule has 5 nitrogen and oxygen atoms in total. The van der Waals surface area contributed by atoms with E-state index in [1.807, 2.05) is 0 Å². The van der Waals surface area contributed by atoms with E-state index in [0.29, 0.717) is 0 Å². The summed E-state index contributed by atoms with van der Waals surface area (Å²) in [6.45, 7) is 1.41. The van der Waals surface area contributed by atoms with Crippen molar-refractivity contribution < 1.29 is 21.6 Å². The zero-order valence-electron chi connectivity index (χ0n) is 10.8. The van der Waals surface area contributed by atoms with Crippen molar-refractivity contribution in [2.24, 2.45) is 0 Å². The Morgan fingerprint density at radius 1 is 1.00 bits per heavy atom. The Hall–Kier alpha value is -1.21. The van der Waals surface area contributed by atoms with Crippen molar-refractivity contribution in [1.82, 2.24) is 0 Å². The lowest BCUT2D eigenvalue weighted by Gasteiger charge is -2.04. The van der Waals surface area contributed by atoms with Gasteiger partial charge in [-0.25, -0.2) is 16.8 Å². The van der Waals surface area contributed by atoms with Gasteiger partial charge in [-0.1, -0.05) is 0 Å². The molecule has 0 aromatic heterocycles. The summed E-state index contributed by atoms with van der Waals surface area (Å²) in [5, 5.41) is 0. The van der Waals surface area contributed by atoms with Crippen LogP contribution in [0, 0.1) is 0 Å². The number of Topliss-reactive ketones (excluding diaryl/α,β-unsaturated/α-hetero) is 1. The van der Waals surface area contributed by atoms with Crippen LogP contribution < -0.4 is 0 Å². The van der Waals surface area contributed by atoms with Gasteiger partial charge in [-0.2, -0.15) is 0 Å². The predicted molar refractivity (Wildman–Crippen MR) is 71.5 cm³/mol. The first-order valence-corrected chi connectivity index (χ1v) is 9.19. The lowest BCUT2D eigenvalue weighted by molar-refractivity contribution is -0.117. The van der Waals surface area contributed by atoms with Crippen molar-refractivity contribution >= 4 is 25.5 Å². The summed E-state index contributed by atoms with van der Waals surface area (Å²) in [5.74, 6) is -0.173. The van der Waals surface area contributed by atoms with Crippen LogP contribution in [0.4, 0.5) is 0 Å². The highest BCUT2D eigenvalue weighted by atomic mass is 32.2. The third-order valence-corrected chi connectivity index (χ3v) is 5.50. The highest BCUT2D eigenvalue weighted by molar-refractivity contribution is 7.91. The summed E-state index contributed by atoms with van der Waals surface area (Å²) in [7, 11) is -6.80. The second kappa shape index (κ2) is 5.83. The summed E-state index contributed by atoms with van der Waals surface area (Å²) in [6.07, 6.45) is 1.55. The molecular formula is C12H16O5S2. The van der Waals surface area contributed by atoms with E-state index >= 15 is 0 Å². The fraction of sp³-hybridized carbons (Fsp3) is 0.417. The summed E-state index contributed by atoms with van der Waals surface area (Å²) in [5.41, 5.74) is 0. The minimum Gasteiger partial charge on any atom is -0.300 e. The molecule has 0 atom stereocenters. The van der Waals surface area contributed by atoms with Gasteiger partial charge in [0.25, 0.3) is 0 Å². The molecule has 0 saturated carbocycles. The van der Waals surface area contributed by atoms with Gasteiger partial charge >= 0.3 is 0 Å². The number of sulfone groups is 2. The molecule has 0 aliphatic heterocycles. The van der Waals surface area contributed by atoms with Crippen molar-refractivity contribution in [3.63, 3.8) is 0 Å². The molecule has 1 rings (SSSR count). The van der Waals surface area contributed by atoms with Gasteiger partial charge in [-0.3, -0.25) is 0 Å². The van der Waals surface area contributed by atoms with Gasteiger partial charge in [-0.05, 0) is 37.6 Å². The van der Waals surface area contributed by atoms with E-state index in [4.69, 9.17) is 0 Å². The lowest BCUT2D eigenvalue weighted by Crippen LogP contribution is -2.08. The summed E-state index contributed by atoms with van der Waals surface area (Å²) in [6, 6.07) is 5.10. The molecule has 0 bridgehead atoms. The summed E-state index contributed by atoms with van der Waals surface area (Å²) in [4.78, 5) is 10.9. The number of carbonyl (C=O) groups excluding carboxylic acids is 1. The van der Waals surface area contributed by atoms with E-state index in [1.54, 1.807) is 0 Å². The number of hydrogen-bond acceptors (Lipinski definition) is 5. The van der Waals surface area contributed by atoms with Crippen LogP contribution in [0.5, 0.6) is 0 Å². The molecule has 0 heterocycles. The standard InChI is InChI=1S/C12H16O5S2/c1-10(13)4-3-9-19(16,17)12-7-5-11(6-8-12)18(2,14)15/h5-8H,3-4,9H2,1-2H3. The summed E-state index contributed by atoms with van der Waals surface area (Å²) >= 11 is 0. The maximum Gasteiger partial charge on any atom is 0.178 e. The van der Waals surface area contributed by atoms with Crippen molar-refractivity contribution in [3.05, 3.63) is 24.3 Å². The Balaban J connectivity index is 2.88. The van der Waals surface area contributed by atoms with E-state index in [-0.39, 0.29) is 34.2 Å². The Morgan fingerprint density at radius 2 is 1.47 bits per heavy atom. The Kier molecular flexibility index (Phi) is 4.86. The average Bonchev–Trinajstić information content (AvgIpc) is 2.27. The molecule has 19 heavy (non-hydrogen) atoms. The molecule has 0 amide bonds. The van der Waals surface area contributed by atoms with Crippen molar-refractivity contribution in [2.45, 2.75) is 29.6 Å². The van der Waals surface area contributed by atoms with Crippen LogP contribution in [0.25, 0.3) is 0 Å². The van der Waals surface area contributed by atoms with Gasteiger partial charge in [0.2, 0.25) is 0 Å². The zero-order chi connectivity index (χ0) is 14.7. The number of benzene rings is 1. The van der Waals surface area contributed by atoms with Crippen LogP contribution in [-0.2, 0) is 24.5 Å². The molecule has 0 fully saturated rings. The van der Waals surface area contributed by atoms with E-state index in [1.165, 1.54) is 31.2 Å². The van der Waals surface area contributed by atoms with Gasteiger partial charge in [0.1, 0.15) is 5.78 Å². The molecule has 0 spiro atoms. The first kappa shape index (κ1) is 15.8. The molecule has 0 aliphatic rings. The Labute approximate surface area is 113 Å². The quantitative estimate of drug-likeness (QED) is 0.789. The fourth-order valence-electron chi connectivity index (χ4n) is 1.52. The molecule has 106 valence electrons. The van der Waals surface area contributed by atoms with Crippen LogP contribution in [-0.4, -0.2) is 34.6 Å². The van der Waals surface area contributed by atoms with Crippen molar-refractivity contribution in [1.29, 1.82) is 0 Å². The van der Waals surface area contributed by atoms with Gasteiger partial charge in [0.15, 0.2) is 19.7 Å². The van der Waals surface area contributed by atoms with Crippen molar-refractivity contribution in [2.75, 3.05) is 12.0 Å². The molecule has 0 unspecified atom stereocenters. The van der Waals surface area contributed by atoms with Crippen LogP contribution >= 0.6 is 0 Å². The number of ketones is 1. The minimum atomic E-state index is -3.47. The molecule has 1 aromatic carbocycles. The van der Waals surface area contributed by atoms with E-state index < -0.39 is 19.7 Å². The number of rotatable bonds is 6. The first-order valence-electron chi connectivity index (χ1n) is 5.65. The largest absolute Gasteiger partial charge is 0.300 e. The second-order valence-electron chi connectivity index (χ2n) is 4.37. The Bertz CT molecular complexity index is 655. The predicted octanol–water partition coefficient (Wildman–Crippen LogP) is 1.23. The molecule has 0 aliphatic carbocycles.